The second kappa shape index (κ2) is 12.2. The highest BCUT2D eigenvalue weighted by Crippen LogP contribution is 2.48. The van der Waals surface area contributed by atoms with Crippen LogP contribution in [0.5, 0.6) is 0 Å². The normalized spacial score (nSPS) is 22.0. The third-order valence-electron chi connectivity index (χ3n) is 9.77. The van der Waals surface area contributed by atoms with Crippen molar-refractivity contribution in [3.63, 3.8) is 0 Å². The van der Waals surface area contributed by atoms with Gasteiger partial charge in [-0.2, -0.15) is 26.3 Å². The standard InChI is InChI=1S/C36H44F7N/c1-9-23-16-33(37)30(20(2)3)18-32(23)29-11-10-26(34(6,7)8)15-25(29)19-44-21(4)12-31(22(44)5)24-13-27(35(38,39)40)17-28(14-24)36(41,42)43/h13-14,16-18,20,22,26,31H,4,9-12,15,19H2,1-3,5-8H3. The molecule has 242 valence electrons. The monoisotopic (exact) mass is 623 g/mol. The smallest absolute Gasteiger partial charge is 0.368 e. The van der Waals surface area contributed by atoms with E-state index >= 15 is 4.39 Å². The molecule has 2 aromatic carbocycles. The van der Waals surface area contributed by atoms with Crippen LogP contribution in [0.3, 0.4) is 0 Å². The maximum absolute atomic E-state index is 15.0. The first-order valence-corrected chi connectivity index (χ1v) is 15.5. The summed E-state index contributed by atoms with van der Waals surface area (Å²) in [5, 5.41) is 0. The van der Waals surface area contributed by atoms with Crippen LogP contribution in [0, 0.1) is 17.2 Å². The summed E-state index contributed by atoms with van der Waals surface area (Å²) < 4.78 is 97.0. The van der Waals surface area contributed by atoms with E-state index in [2.05, 4.69) is 32.3 Å². The van der Waals surface area contributed by atoms with Gasteiger partial charge in [-0.1, -0.05) is 48.1 Å². The second-order valence-corrected chi connectivity index (χ2v) is 14.0. The summed E-state index contributed by atoms with van der Waals surface area (Å²) in [4.78, 5) is 2.05. The SMILES string of the molecule is C=C1CC(c2cc(C(F)(F)F)cc(C(F)(F)F)c2)C(C)N1CC1=C(c2cc(C(C)C)c(F)cc2CC)CCC(C(C)(C)C)C1. The van der Waals surface area contributed by atoms with Gasteiger partial charge >= 0.3 is 12.4 Å². The zero-order chi connectivity index (χ0) is 32.9. The maximum Gasteiger partial charge on any atom is 0.416 e. The lowest BCUT2D eigenvalue weighted by atomic mass is 9.69. The van der Waals surface area contributed by atoms with E-state index in [0.717, 1.165) is 42.5 Å². The first-order valence-electron chi connectivity index (χ1n) is 15.5. The molecule has 0 N–H and O–H groups in total. The van der Waals surface area contributed by atoms with Gasteiger partial charge in [-0.15, -0.1) is 0 Å². The van der Waals surface area contributed by atoms with Crippen LogP contribution in [0.2, 0.25) is 0 Å². The molecule has 1 aliphatic heterocycles. The molecule has 0 radical (unpaired) electrons. The van der Waals surface area contributed by atoms with Crippen molar-refractivity contribution >= 4 is 5.57 Å². The summed E-state index contributed by atoms with van der Waals surface area (Å²) in [7, 11) is 0. The largest absolute Gasteiger partial charge is 0.416 e. The number of hydrogen-bond acceptors (Lipinski definition) is 1. The average Bonchev–Trinajstić information content (AvgIpc) is 3.19. The second-order valence-electron chi connectivity index (χ2n) is 14.0. The molecule has 0 aromatic heterocycles. The number of alkyl halides is 6. The fourth-order valence-electron chi connectivity index (χ4n) is 6.99. The maximum atomic E-state index is 15.0. The van der Waals surface area contributed by atoms with Crippen LogP contribution in [-0.2, 0) is 18.8 Å². The van der Waals surface area contributed by atoms with Crippen molar-refractivity contribution in [1.82, 2.24) is 4.90 Å². The van der Waals surface area contributed by atoms with Crippen LogP contribution in [-0.4, -0.2) is 17.5 Å². The Balaban J connectivity index is 1.78. The quantitative estimate of drug-likeness (QED) is 0.289. The summed E-state index contributed by atoms with van der Waals surface area (Å²) in [5.74, 6) is -0.407. The summed E-state index contributed by atoms with van der Waals surface area (Å²) in [6.07, 6.45) is -6.29. The molecule has 3 atom stereocenters. The van der Waals surface area contributed by atoms with Crippen molar-refractivity contribution in [2.75, 3.05) is 6.54 Å². The van der Waals surface area contributed by atoms with Crippen molar-refractivity contribution < 1.29 is 30.7 Å². The van der Waals surface area contributed by atoms with E-state index in [1.54, 1.807) is 6.07 Å². The molecule has 1 fully saturated rings. The van der Waals surface area contributed by atoms with Crippen molar-refractivity contribution in [1.29, 1.82) is 0 Å². The van der Waals surface area contributed by atoms with Crippen LogP contribution in [0.15, 0.2) is 48.2 Å². The Hall–Kier alpha value is -2.77. The molecule has 8 heteroatoms. The minimum atomic E-state index is -4.90. The van der Waals surface area contributed by atoms with Crippen molar-refractivity contribution in [2.45, 2.75) is 111 Å². The zero-order valence-electron chi connectivity index (χ0n) is 26.7. The van der Waals surface area contributed by atoms with E-state index in [0.29, 0.717) is 30.1 Å². The molecule has 2 aliphatic rings. The highest BCUT2D eigenvalue weighted by molar-refractivity contribution is 5.73. The van der Waals surface area contributed by atoms with Crippen LogP contribution in [0.1, 0.15) is 119 Å². The summed E-state index contributed by atoms with van der Waals surface area (Å²) in [6, 6.07) is 5.14. The molecule has 0 amide bonds. The molecule has 44 heavy (non-hydrogen) atoms. The Morgan fingerprint density at radius 1 is 0.909 bits per heavy atom. The first kappa shape index (κ1) is 34.1. The predicted molar refractivity (Wildman–Crippen MR) is 163 cm³/mol. The van der Waals surface area contributed by atoms with Crippen LogP contribution in [0.25, 0.3) is 5.57 Å². The Morgan fingerprint density at radius 3 is 2.00 bits per heavy atom. The van der Waals surface area contributed by atoms with Gasteiger partial charge in [0.2, 0.25) is 0 Å². The molecular weight excluding hydrogens is 579 g/mol. The number of hydrogen-bond donors (Lipinski definition) is 0. The van der Waals surface area contributed by atoms with Gasteiger partial charge in [0.25, 0.3) is 0 Å². The predicted octanol–water partition coefficient (Wildman–Crippen LogP) is 11.5. The van der Waals surface area contributed by atoms with E-state index in [4.69, 9.17) is 0 Å². The van der Waals surface area contributed by atoms with Gasteiger partial charge in [0, 0.05) is 24.2 Å². The third-order valence-corrected chi connectivity index (χ3v) is 9.77. The molecule has 3 unspecified atom stereocenters. The Morgan fingerprint density at radius 2 is 1.50 bits per heavy atom. The topological polar surface area (TPSA) is 3.24 Å². The van der Waals surface area contributed by atoms with E-state index in [1.165, 1.54) is 11.1 Å². The number of aryl methyl sites for hydroxylation is 1. The molecule has 1 aliphatic carbocycles. The van der Waals surface area contributed by atoms with Gasteiger partial charge in [0.05, 0.1) is 11.1 Å². The van der Waals surface area contributed by atoms with Crippen LogP contribution >= 0.6 is 0 Å². The Bertz CT molecular complexity index is 1390. The highest BCUT2D eigenvalue weighted by atomic mass is 19.4. The van der Waals surface area contributed by atoms with E-state index in [-0.39, 0.29) is 41.2 Å². The lowest BCUT2D eigenvalue weighted by molar-refractivity contribution is -0.143. The molecule has 0 spiro atoms. The number of likely N-dealkylation sites (tertiary alicyclic amines) is 1. The molecular formula is C36H44F7N. The highest BCUT2D eigenvalue weighted by Gasteiger charge is 2.41. The average molecular weight is 624 g/mol. The van der Waals surface area contributed by atoms with Gasteiger partial charge in [0.15, 0.2) is 0 Å². The Labute approximate surface area is 257 Å². The number of allylic oxidation sites excluding steroid dienone is 2. The number of nitrogens with zero attached hydrogens (tertiary/aromatic N) is 1. The van der Waals surface area contributed by atoms with Gasteiger partial charge in [-0.05, 0) is 120 Å². The zero-order valence-corrected chi connectivity index (χ0v) is 26.7. The van der Waals surface area contributed by atoms with E-state index in [9.17, 15) is 26.3 Å². The lowest BCUT2D eigenvalue weighted by Crippen LogP contribution is -2.33. The van der Waals surface area contributed by atoms with Crippen molar-refractivity contribution in [3.05, 3.63) is 87.4 Å². The first-order chi connectivity index (χ1) is 20.2. The van der Waals surface area contributed by atoms with Crippen LogP contribution < -0.4 is 0 Å². The Kier molecular flexibility index (Phi) is 9.46. The molecule has 1 saturated heterocycles. The van der Waals surface area contributed by atoms with Crippen LogP contribution in [0.4, 0.5) is 30.7 Å². The number of halogens is 7. The van der Waals surface area contributed by atoms with E-state index in [1.807, 2.05) is 33.8 Å². The molecule has 0 bridgehead atoms. The van der Waals surface area contributed by atoms with E-state index < -0.39 is 29.4 Å². The van der Waals surface area contributed by atoms with Gasteiger partial charge in [-0.25, -0.2) is 4.39 Å². The minimum absolute atomic E-state index is 0.00260. The molecule has 4 rings (SSSR count). The third kappa shape index (κ3) is 7.04. The molecule has 0 saturated carbocycles. The fraction of sp³-hybridized carbons (Fsp3) is 0.556. The lowest BCUT2D eigenvalue weighted by Gasteiger charge is -2.39. The summed E-state index contributed by atoms with van der Waals surface area (Å²) in [5.41, 5.74) is 3.14. The minimum Gasteiger partial charge on any atom is -0.368 e. The summed E-state index contributed by atoms with van der Waals surface area (Å²) in [6.45, 7) is 19.1. The number of rotatable bonds is 6. The fourth-order valence-corrected chi connectivity index (χ4v) is 6.99. The van der Waals surface area contributed by atoms with Gasteiger partial charge in [-0.3, -0.25) is 0 Å². The van der Waals surface area contributed by atoms with Gasteiger partial charge in [0.1, 0.15) is 5.82 Å². The van der Waals surface area contributed by atoms with Gasteiger partial charge < -0.3 is 4.90 Å². The summed E-state index contributed by atoms with van der Waals surface area (Å²) >= 11 is 0. The molecule has 1 heterocycles. The number of benzene rings is 2. The van der Waals surface area contributed by atoms with Crippen molar-refractivity contribution in [2.24, 2.45) is 11.3 Å². The molecule has 1 nitrogen and oxygen atoms in total. The molecule has 2 aromatic rings. The van der Waals surface area contributed by atoms with Crippen molar-refractivity contribution in [3.8, 4) is 0 Å².